The molecule has 0 saturated carbocycles. The normalized spacial score (nSPS) is 26.7. The zero-order valence-corrected chi connectivity index (χ0v) is 7.99. The second-order valence-corrected chi connectivity index (χ2v) is 3.34. The first-order valence-corrected chi connectivity index (χ1v) is 4.55. The molecule has 1 saturated heterocycles. The van der Waals surface area contributed by atoms with E-state index < -0.39 is 0 Å². The van der Waals surface area contributed by atoms with Gasteiger partial charge in [0.25, 0.3) is 0 Å². The number of nitrogens with zero attached hydrogens (tertiary/aromatic N) is 1. The van der Waals surface area contributed by atoms with Gasteiger partial charge in [-0.05, 0) is 6.92 Å². The molecule has 2 unspecified atom stereocenters. The molecule has 1 amide bonds. The molecule has 0 radical (unpaired) electrons. The van der Waals surface area contributed by atoms with Gasteiger partial charge in [0.2, 0.25) is 5.91 Å². The maximum atomic E-state index is 11.1. The van der Waals surface area contributed by atoms with Crippen LogP contribution in [0, 0.1) is 0 Å². The number of nitrogens with two attached hydrogens (primary N) is 1. The number of carbonyl (C=O) groups excluding carboxylic acids is 1. The van der Waals surface area contributed by atoms with Crippen molar-refractivity contribution in [1.82, 2.24) is 10.2 Å². The number of hydrogen-bond donors (Lipinski definition) is 2. The van der Waals surface area contributed by atoms with E-state index in [2.05, 4.69) is 16.8 Å². The smallest absolute Gasteiger partial charge is 0.236 e. The summed E-state index contributed by atoms with van der Waals surface area (Å²) in [6.07, 6.45) is 1.83. The van der Waals surface area contributed by atoms with Gasteiger partial charge in [0.1, 0.15) is 6.04 Å². The summed E-state index contributed by atoms with van der Waals surface area (Å²) in [7, 11) is 0. The average Bonchev–Trinajstić information content (AvgIpc) is 2.16. The van der Waals surface area contributed by atoms with E-state index in [1.54, 1.807) is 0 Å². The molecule has 74 valence electrons. The van der Waals surface area contributed by atoms with Crippen molar-refractivity contribution in [2.24, 2.45) is 5.73 Å². The van der Waals surface area contributed by atoms with Gasteiger partial charge in [-0.15, -0.1) is 6.58 Å². The molecule has 4 heteroatoms. The maximum Gasteiger partial charge on any atom is 0.236 e. The Bertz CT molecular complexity index is 205. The van der Waals surface area contributed by atoms with Gasteiger partial charge in [-0.25, -0.2) is 0 Å². The number of rotatable bonds is 3. The molecule has 0 aliphatic carbocycles. The molecule has 0 aromatic heterocycles. The Labute approximate surface area is 78.8 Å². The summed E-state index contributed by atoms with van der Waals surface area (Å²) in [5.74, 6) is -0.263. The number of piperazine rings is 1. The molecular weight excluding hydrogens is 166 g/mol. The van der Waals surface area contributed by atoms with E-state index in [-0.39, 0.29) is 18.0 Å². The van der Waals surface area contributed by atoms with Gasteiger partial charge in [0, 0.05) is 25.7 Å². The molecule has 1 aliphatic heterocycles. The Hall–Kier alpha value is -0.870. The average molecular weight is 183 g/mol. The molecule has 13 heavy (non-hydrogen) atoms. The van der Waals surface area contributed by atoms with E-state index in [1.165, 1.54) is 0 Å². The van der Waals surface area contributed by atoms with Crippen molar-refractivity contribution in [3.63, 3.8) is 0 Å². The molecule has 1 rings (SSSR count). The summed E-state index contributed by atoms with van der Waals surface area (Å²) < 4.78 is 0. The van der Waals surface area contributed by atoms with Crippen LogP contribution in [0.1, 0.15) is 6.92 Å². The summed E-state index contributed by atoms with van der Waals surface area (Å²) >= 11 is 0. The molecule has 0 bridgehead atoms. The van der Waals surface area contributed by atoms with Crippen molar-refractivity contribution in [1.29, 1.82) is 0 Å². The predicted molar refractivity (Wildman–Crippen MR) is 52.2 cm³/mol. The molecule has 1 aliphatic rings. The molecule has 0 aromatic rings. The topological polar surface area (TPSA) is 58.4 Å². The highest BCUT2D eigenvalue weighted by Crippen LogP contribution is 2.08. The Morgan fingerprint density at radius 1 is 1.85 bits per heavy atom. The molecule has 0 aromatic carbocycles. The monoisotopic (exact) mass is 183 g/mol. The number of hydrogen-bond acceptors (Lipinski definition) is 3. The van der Waals surface area contributed by atoms with E-state index in [9.17, 15) is 4.79 Å². The first-order valence-electron chi connectivity index (χ1n) is 4.55. The number of amides is 1. The zero-order chi connectivity index (χ0) is 9.84. The predicted octanol–water partition coefficient (Wildman–Crippen LogP) is -0.680. The van der Waals surface area contributed by atoms with E-state index in [1.807, 2.05) is 13.0 Å². The van der Waals surface area contributed by atoms with Gasteiger partial charge in [-0.1, -0.05) is 6.08 Å². The summed E-state index contributed by atoms with van der Waals surface area (Å²) in [5, 5.41) is 3.15. The fourth-order valence-electron chi connectivity index (χ4n) is 1.61. The lowest BCUT2D eigenvalue weighted by molar-refractivity contribution is -0.124. The minimum Gasteiger partial charge on any atom is -0.368 e. The first-order chi connectivity index (χ1) is 6.16. The minimum atomic E-state index is -0.263. The zero-order valence-electron chi connectivity index (χ0n) is 7.99. The van der Waals surface area contributed by atoms with Crippen molar-refractivity contribution in [2.75, 3.05) is 19.6 Å². The fraction of sp³-hybridized carbons (Fsp3) is 0.667. The molecule has 2 atom stereocenters. The van der Waals surface area contributed by atoms with E-state index in [0.717, 1.165) is 13.1 Å². The molecular formula is C9H17N3O. The second-order valence-electron chi connectivity index (χ2n) is 3.34. The van der Waals surface area contributed by atoms with Gasteiger partial charge in [0.05, 0.1) is 0 Å². The number of nitrogens with one attached hydrogen (secondary N) is 1. The van der Waals surface area contributed by atoms with Crippen molar-refractivity contribution in [3.05, 3.63) is 12.7 Å². The highest BCUT2D eigenvalue weighted by molar-refractivity contribution is 5.80. The van der Waals surface area contributed by atoms with Crippen LogP contribution in [0.3, 0.4) is 0 Å². The third-order valence-corrected chi connectivity index (χ3v) is 2.48. The van der Waals surface area contributed by atoms with Crippen LogP contribution >= 0.6 is 0 Å². The fourth-order valence-corrected chi connectivity index (χ4v) is 1.61. The van der Waals surface area contributed by atoms with Crippen molar-refractivity contribution in [3.8, 4) is 0 Å². The summed E-state index contributed by atoms with van der Waals surface area (Å²) in [5.41, 5.74) is 5.30. The van der Waals surface area contributed by atoms with E-state index in [0.29, 0.717) is 6.54 Å². The second kappa shape index (κ2) is 4.39. The van der Waals surface area contributed by atoms with Gasteiger partial charge < -0.3 is 11.1 Å². The maximum absolute atomic E-state index is 11.1. The van der Waals surface area contributed by atoms with Gasteiger partial charge >= 0.3 is 0 Å². The summed E-state index contributed by atoms with van der Waals surface area (Å²) in [6, 6.07) is 0.0151. The van der Waals surface area contributed by atoms with Crippen LogP contribution < -0.4 is 11.1 Å². The van der Waals surface area contributed by atoms with Crippen LogP contribution in [-0.2, 0) is 4.79 Å². The van der Waals surface area contributed by atoms with E-state index in [4.69, 9.17) is 5.73 Å². The highest BCUT2D eigenvalue weighted by atomic mass is 16.1. The van der Waals surface area contributed by atoms with Crippen molar-refractivity contribution < 1.29 is 4.79 Å². The molecule has 3 N–H and O–H groups in total. The quantitative estimate of drug-likeness (QED) is 0.570. The Balaban J connectivity index is 2.66. The largest absolute Gasteiger partial charge is 0.368 e. The van der Waals surface area contributed by atoms with Crippen LogP contribution in [0.25, 0.3) is 0 Å². The van der Waals surface area contributed by atoms with Crippen LogP contribution in [0.2, 0.25) is 0 Å². The third-order valence-electron chi connectivity index (χ3n) is 2.48. The van der Waals surface area contributed by atoms with Crippen LogP contribution in [0.15, 0.2) is 12.7 Å². The molecule has 4 nitrogen and oxygen atoms in total. The van der Waals surface area contributed by atoms with Gasteiger partial charge in [-0.3, -0.25) is 9.69 Å². The SMILES string of the molecule is C=CC(C)N1CCNCC1C(N)=O. The van der Waals surface area contributed by atoms with Crippen molar-refractivity contribution in [2.45, 2.75) is 19.0 Å². The van der Waals surface area contributed by atoms with Gasteiger partial charge in [0.15, 0.2) is 0 Å². The standard InChI is InChI=1S/C9H17N3O/c1-3-7(2)12-5-4-11-6-8(12)9(10)13/h3,7-8,11H,1,4-6H2,2H3,(H2,10,13). The van der Waals surface area contributed by atoms with Crippen molar-refractivity contribution >= 4 is 5.91 Å². The molecule has 1 fully saturated rings. The van der Waals surface area contributed by atoms with Gasteiger partial charge in [-0.2, -0.15) is 0 Å². The Morgan fingerprint density at radius 3 is 3.08 bits per heavy atom. The number of primary amides is 1. The lowest BCUT2D eigenvalue weighted by Crippen LogP contribution is -2.59. The third kappa shape index (κ3) is 2.29. The number of carbonyl (C=O) groups is 1. The minimum absolute atomic E-state index is 0.193. The summed E-state index contributed by atoms with van der Waals surface area (Å²) in [6.45, 7) is 8.14. The van der Waals surface area contributed by atoms with Crippen LogP contribution in [-0.4, -0.2) is 42.5 Å². The lowest BCUT2D eigenvalue weighted by Gasteiger charge is -2.37. The first kappa shape index (κ1) is 10.2. The van der Waals surface area contributed by atoms with E-state index >= 15 is 0 Å². The Morgan fingerprint density at radius 2 is 2.54 bits per heavy atom. The lowest BCUT2D eigenvalue weighted by atomic mass is 10.1. The molecule has 0 spiro atoms. The molecule has 1 heterocycles. The van der Waals surface area contributed by atoms with Crippen LogP contribution in [0.4, 0.5) is 0 Å². The summed E-state index contributed by atoms with van der Waals surface area (Å²) in [4.78, 5) is 13.2. The van der Waals surface area contributed by atoms with Crippen LogP contribution in [0.5, 0.6) is 0 Å². The Kier molecular flexibility index (Phi) is 3.45. The highest BCUT2D eigenvalue weighted by Gasteiger charge is 2.28.